The van der Waals surface area contributed by atoms with E-state index in [-0.39, 0.29) is 18.3 Å². The molecule has 23 heavy (non-hydrogen) atoms. The summed E-state index contributed by atoms with van der Waals surface area (Å²) in [5.74, 6) is 0.0783. The molecule has 0 aromatic heterocycles. The second kappa shape index (κ2) is 9.44. The Balaban J connectivity index is 1.57. The van der Waals surface area contributed by atoms with Gasteiger partial charge in [-0.25, -0.2) is 4.39 Å². The summed E-state index contributed by atoms with van der Waals surface area (Å²) in [6.45, 7) is 5.32. The van der Waals surface area contributed by atoms with Crippen LogP contribution >= 0.6 is 0 Å². The van der Waals surface area contributed by atoms with Gasteiger partial charge in [0.1, 0.15) is 18.2 Å². The number of piperazine rings is 1. The van der Waals surface area contributed by atoms with Gasteiger partial charge in [0, 0.05) is 38.8 Å². The van der Waals surface area contributed by atoms with Gasteiger partial charge in [-0.3, -0.25) is 14.6 Å². The molecule has 128 valence electrons. The Kier molecular flexibility index (Phi) is 7.25. The molecule has 1 heterocycles. The van der Waals surface area contributed by atoms with Gasteiger partial charge >= 0.3 is 0 Å². The molecule has 6 nitrogen and oxygen atoms in total. The van der Waals surface area contributed by atoms with Crippen molar-refractivity contribution in [2.75, 3.05) is 59.0 Å². The maximum Gasteiger partial charge on any atom is 0.234 e. The molecule has 0 unspecified atom stereocenters. The maximum atomic E-state index is 13.0. The molecule has 0 radical (unpaired) electrons. The number of carbonyl (C=O) groups excluding carboxylic acids is 1. The number of nitrogens with zero attached hydrogens (tertiary/aromatic N) is 2. The van der Waals surface area contributed by atoms with Gasteiger partial charge in [-0.2, -0.15) is 0 Å². The number of aliphatic hydroxyl groups excluding tert-OH is 1. The highest BCUT2D eigenvalue weighted by molar-refractivity contribution is 5.78. The minimum absolute atomic E-state index is 0.0385. The molecule has 0 saturated carbocycles. The average molecular weight is 325 g/mol. The SMILES string of the molecule is O=C(CN1CCN(CCO)CC1)NCCOc1cccc(F)c1. The fourth-order valence-corrected chi connectivity index (χ4v) is 2.49. The summed E-state index contributed by atoms with van der Waals surface area (Å²) in [5, 5.41) is 11.7. The van der Waals surface area contributed by atoms with Crippen molar-refractivity contribution in [3.63, 3.8) is 0 Å². The van der Waals surface area contributed by atoms with E-state index in [1.165, 1.54) is 12.1 Å². The van der Waals surface area contributed by atoms with Gasteiger partial charge in [-0.05, 0) is 12.1 Å². The van der Waals surface area contributed by atoms with Gasteiger partial charge < -0.3 is 15.2 Å². The van der Waals surface area contributed by atoms with Crippen LogP contribution in [0.1, 0.15) is 0 Å². The Morgan fingerprint density at radius 2 is 2.00 bits per heavy atom. The molecule has 0 spiro atoms. The number of rotatable bonds is 8. The van der Waals surface area contributed by atoms with Crippen LogP contribution in [0.25, 0.3) is 0 Å². The second-order valence-electron chi connectivity index (χ2n) is 5.50. The van der Waals surface area contributed by atoms with Crippen molar-refractivity contribution in [3.05, 3.63) is 30.1 Å². The van der Waals surface area contributed by atoms with Gasteiger partial charge in [0.05, 0.1) is 19.7 Å². The zero-order valence-electron chi connectivity index (χ0n) is 13.2. The number of benzene rings is 1. The van der Waals surface area contributed by atoms with Gasteiger partial charge in [-0.15, -0.1) is 0 Å². The van der Waals surface area contributed by atoms with Gasteiger partial charge in [-0.1, -0.05) is 6.07 Å². The summed E-state index contributed by atoms with van der Waals surface area (Å²) >= 11 is 0. The molecule has 0 aliphatic carbocycles. The fourth-order valence-electron chi connectivity index (χ4n) is 2.49. The van der Waals surface area contributed by atoms with E-state index in [1.54, 1.807) is 12.1 Å². The highest BCUT2D eigenvalue weighted by atomic mass is 19.1. The van der Waals surface area contributed by atoms with Gasteiger partial charge in [0.15, 0.2) is 0 Å². The Morgan fingerprint density at radius 3 is 2.70 bits per heavy atom. The van der Waals surface area contributed by atoms with Crippen LogP contribution in [0.5, 0.6) is 5.75 Å². The normalized spacial score (nSPS) is 16.3. The van der Waals surface area contributed by atoms with Crippen molar-refractivity contribution >= 4 is 5.91 Å². The molecule has 1 amide bonds. The standard InChI is InChI=1S/C16H24FN3O3/c17-14-2-1-3-15(12-14)23-11-4-18-16(22)13-20-7-5-19(6-8-20)9-10-21/h1-3,12,21H,4-11,13H2,(H,18,22). The molecule has 1 aromatic rings. The van der Waals surface area contributed by atoms with Crippen molar-refractivity contribution in [2.45, 2.75) is 0 Å². The lowest BCUT2D eigenvalue weighted by Crippen LogP contribution is -2.50. The molecule has 7 heteroatoms. The van der Waals surface area contributed by atoms with Crippen LogP contribution in [-0.2, 0) is 4.79 Å². The van der Waals surface area contributed by atoms with Crippen LogP contribution in [0, 0.1) is 5.82 Å². The molecule has 2 rings (SSSR count). The lowest BCUT2D eigenvalue weighted by molar-refractivity contribution is -0.122. The van der Waals surface area contributed by atoms with Crippen molar-refractivity contribution in [3.8, 4) is 5.75 Å². The largest absolute Gasteiger partial charge is 0.492 e. The summed E-state index contributed by atoms with van der Waals surface area (Å²) in [6.07, 6.45) is 0. The monoisotopic (exact) mass is 325 g/mol. The molecule has 2 N–H and O–H groups in total. The van der Waals surface area contributed by atoms with Crippen LogP contribution in [0.4, 0.5) is 4.39 Å². The highest BCUT2D eigenvalue weighted by Gasteiger charge is 2.18. The molecular weight excluding hydrogens is 301 g/mol. The smallest absolute Gasteiger partial charge is 0.234 e. The van der Waals surface area contributed by atoms with Crippen LogP contribution in [0.15, 0.2) is 24.3 Å². The number of ether oxygens (including phenoxy) is 1. The number of hydrogen-bond acceptors (Lipinski definition) is 5. The van der Waals surface area contributed by atoms with Gasteiger partial charge in [0.25, 0.3) is 0 Å². The summed E-state index contributed by atoms with van der Waals surface area (Å²) in [7, 11) is 0. The number of amides is 1. The summed E-state index contributed by atoms with van der Waals surface area (Å²) in [5.41, 5.74) is 0. The van der Waals surface area contributed by atoms with E-state index in [0.29, 0.717) is 32.0 Å². The number of nitrogens with one attached hydrogen (secondary N) is 1. The fraction of sp³-hybridized carbons (Fsp3) is 0.562. The first-order valence-corrected chi connectivity index (χ1v) is 7.88. The average Bonchev–Trinajstić information content (AvgIpc) is 2.54. The van der Waals surface area contributed by atoms with E-state index >= 15 is 0 Å². The number of carbonyl (C=O) groups is 1. The Bertz CT molecular complexity index is 493. The third-order valence-corrected chi connectivity index (χ3v) is 3.74. The van der Waals surface area contributed by atoms with Crippen LogP contribution < -0.4 is 10.1 Å². The number of β-amino-alcohol motifs (C(OH)–C–C–N with tert-alkyl or cyclic N) is 1. The number of aliphatic hydroxyl groups is 1. The Morgan fingerprint density at radius 1 is 1.26 bits per heavy atom. The van der Waals surface area contributed by atoms with E-state index in [0.717, 1.165) is 26.2 Å². The molecular formula is C16H24FN3O3. The predicted octanol–water partition coefficient (Wildman–Crippen LogP) is -0.0694. The molecule has 1 saturated heterocycles. The first-order chi connectivity index (χ1) is 11.2. The highest BCUT2D eigenvalue weighted by Crippen LogP contribution is 2.11. The summed E-state index contributed by atoms with van der Waals surface area (Å²) in [6, 6.07) is 5.93. The van der Waals surface area contributed by atoms with E-state index in [4.69, 9.17) is 9.84 Å². The van der Waals surface area contributed by atoms with E-state index in [9.17, 15) is 9.18 Å². The first kappa shape index (κ1) is 17.7. The van der Waals surface area contributed by atoms with Crippen LogP contribution in [-0.4, -0.2) is 79.8 Å². The number of halogens is 1. The van der Waals surface area contributed by atoms with Gasteiger partial charge in [0.2, 0.25) is 5.91 Å². The number of hydrogen-bond donors (Lipinski definition) is 2. The zero-order chi connectivity index (χ0) is 16.5. The summed E-state index contributed by atoms with van der Waals surface area (Å²) in [4.78, 5) is 16.1. The molecule has 0 bridgehead atoms. The predicted molar refractivity (Wildman–Crippen MR) is 84.9 cm³/mol. The second-order valence-corrected chi connectivity index (χ2v) is 5.50. The van der Waals surface area contributed by atoms with E-state index < -0.39 is 0 Å². The lowest BCUT2D eigenvalue weighted by Gasteiger charge is -2.33. The minimum Gasteiger partial charge on any atom is -0.492 e. The topological polar surface area (TPSA) is 65.0 Å². The summed E-state index contributed by atoms with van der Waals surface area (Å²) < 4.78 is 18.3. The van der Waals surface area contributed by atoms with Crippen LogP contribution in [0.2, 0.25) is 0 Å². The molecule has 1 aliphatic heterocycles. The quantitative estimate of drug-likeness (QED) is 0.655. The van der Waals surface area contributed by atoms with Crippen molar-refractivity contribution in [1.82, 2.24) is 15.1 Å². The minimum atomic E-state index is -0.341. The van der Waals surface area contributed by atoms with Crippen molar-refractivity contribution in [2.24, 2.45) is 0 Å². The Labute approximate surface area is 135 Å². The molecule has 1 fully saturated rings. The lowest BCUT2D eigenvalue weighted by atomic mass is 10.3. The third-order valence-electron chi connectivity index (χ3n) is 3.74. The molecule has 1 aromatic carbocycles. The van der Waals surface area contributed by atoms with Crippen molar-refractivity contribution < 1.29 is 19.0 Å². The van der Waals surface area contributed by atoms with Crippen molar-refractivity contribution in [1.29, 1.82) is 0 Å². The molecule has 1 aliphatic rings. The molecule has 0 atom stereocenters. The van der Waals surface area contributed by atoms with E-state index in [2.05, 4.69) is 15.1 Å². The zero-order valence-corrected chi connectivity index (χ0v) is 13.2. The maximum absolute atomic E-state index is 13.0. The van der Waals surface area contributed by atoms with Crippen LogP contribution in [0.3, 0.4) is 0 Å². The first-order valence-electron chi connectivity index (χ1n) is 7.88. The third kappa shape index (κ3) is 6.52. The van der Waals surface area contributed by atoms with E-state index in [1.807, 2.05) is 0 Å². The Hall–Kier alpha value is -1.70.